The Balaban J connectivity index is 1.71. The molecule has 134 valence electrons. The molecule has 0 aliphatic heterocycles. The molecule has 0 unspecified atom stereocenters. The smallest absolute Gasteiger partial charge is 0.269 e. The van der Waals surface area contributed by atoms with Crippen LogP contribution in [0.25, 0.3) is 0 Å². The summed E-state index contributed by atoms with van der Waals surface area (Å²) in [7, 11) is 0. The minimum atomic E-state index is -0.402. The minimum absolute atomic E-state index is 0.0935. The fourth-order valence-corrected chi connectivity index (χ4v) is 2.86. The van der Waals surface area contributed by atoms with E-state index >= 15 is 0 Å². The van der Waals surface area contributed by atoms with E-state index in [1.54, 1.807) is 23.5 Å². The van der Waals surface area contributed by atoms with Crippen LogP contribution in [-0.2, 0) is 6.42 Å². The number of non-ortho nitro benzene ring substituents is 1. The van der Waals surface area contributed by atoms with Crippen molar-refractivity contribution >= 4 is 28.7 Å². The Morgan fingerprint density at radius 2 is 2.00 bits per heavy atom. The van der Waals surface area contributed by atoms with Crippen molar-refractivity contribution in [3.05, 3.63) is 56.8 Å². The molecule has 1 heterocycles. The van der Waals surface area contributed by atoms with Crippen LogP contribution in [0, 0.1) is 10.1 Å². The number of guanidine groups is 1. The van der Waals surface area contributed by atoms with Crippen molar-refractivity contribution < 1.29 is 4.92 Å². The minimum Gasteiger partial charge on any atom is -0.383 e. The van der Waals surface area contributed by atoms with Gasteiger partial charge in [0.05, 0.1) is 4.92 Å². The fraction of sp³-hybridized carbons (Fsp3) is 0.353. The molecule has 7 nitrogen and oxygen atoms in total. The van der Waals surface area contributed by atoms with Crippen LogP contribution < -0.4 is 16.0 Å². The summed E-state index contributed by atoms with van der Waals surface area (Å²) in [6.45, 7) is 4.97. The summed E-state index contributed by atoms with van der Waals surface area (Å²) in [5.74, 6) is 0.796. The van der Waals surface area contributed by atoms with Crippen molar-refractivity contribution in [3.63, 3.8) is 0 Å². The van der Waals surface area contributed by atoms with Gasteiger partial charge in [-0.1, -0.05) is 6.07 Å². The van der Waals surface area contributed by atoms with Crippen molar-refractivity contribution in [1.29, 1.82) is 0 Å². The molecule has 2 rings (SSSR count). The first-order valence-electron chi connectivity index (χ1n) is 8.22. The maximum atomic E-state index is 10.6. The van der Waals surface area contributed by atoms with Gasteiger partial charge in [0.25, 0.3) is 5.69 Å². The van der Waals surface area contributed by atoms with Crippen LogP contribution in [0.5, 0.6) is 0 Å². The van der Waals surface area contributed by atoms with E-state index < -0.39 is 4.92 Å². The van der Waals surface area contributed by atoms with Crippen LogP contribution >= 0.6 is 11.3 Å². The number of thiophene rings is 1. The Morgan fingerprint density at radius 1 is 1.20 bits per heavy atom. The third-order valence-corrected chi connectivity index (χ3v) is 4.31. The number of nitro benzene ring substituents is 1. The largest absolute Gasteiger partial charge is 0.383 e. The molecule has 0 amide bonds. The van der Waals surface area contributed by atoms with E-state index in [0.717, 1.165) is 31.2 Å². The highest BCUT2D eigenvalue weighted by Gasteiger charge is 2.03. The second-order valence-electron chi connectivity index (χ2n) is 5.25. The zero-order chi connectivity index (χ0) is 17.9. The molecule has 0 aliphatic rings. The van der Waals surface area contributed by atoms with Crippen molar-refractivity contribution in [1.82, 2.24) is 10.6 Å². The average molecular weight is 361 g/mol. The van der Waals surface area contributed by atoms with E-state index in [-0.39, 0.29) is 5.69 Å². The highest BCUT2D eigenvalue weighted by atomic mass is 32.1. The van der Waals surface area contributed by atoms with Crippen molar-refractivity contribution in [2.45, 2.75) is 13.3 Å². The fourth-order valence-electron chi connectivity index (χ4n) is 2.16. The van der Waals surface area contributed by atoms with Gasteiger partial charge in [-0.3, -0.25) is 15.1 Å². The molecule has 0 saturated carbocycles. The topological polar surface area (TPSA) is 91.6 Å². The van der Waals surface area contributed by atoms with E-state index in [2.05, 4.69) is 38.5 Å². The number of nitro groups is 1. The first kappa shape index (κ1) is 18.7. The molecular formula is C17H23N5O2S. The molecule has 0 fully saturated rings. The second kappa shape index (κ2) is 10.3. The number of nitrogens with zero attached hydrogens (tertiary/aromatic N) is 2. The molecule has 0 atom stereocenters. The summed E-state index contributed by atoms with van der Waals surface area (Å²) < 4.78 is 0. The van der Waals surface area contributed by atoms with Gasteiger partial charge in [0, 0.05) is 55.3 Å². The summed E-state index contributed by atoms with van der Waals surface area (Å²) in [5, 5.41) is 22.4. The number of benzene rings is 1. The monoisotopic (exact) mass is 361 g/mol. The van der Waals surface area contributed by atoms with Crippen LogP contribution in [0.4, 0.5) is 11.4 Å². The predicted octanol–water partition coefficient (Wildman–Crippen LogP) is 2.87. The van der Waals surface area contributed by atoms with Gasteiger partial charge in [-0.15, -0.1) is 11.3 Å². The van der Waals surface area contributed by atoms with Gasteiger partial charge in [0.2, 0.25) is 0 Å². The molecule has 0 bridgehead atoms. The summed E-state index contributed by atoms with van der Waals surface area (Å²) in [6.07, 6.45) is 0.940. The van der Waals surface area contributed by atoms with Gasteiger partial charge >= 0.3 is 0 Å². The first-order chi connectivity index (χ1) is 12.2. The summed E-state index contributed by atoms with van der Waals surface area (Å²) >= 11 is 1.75. The lowest BCUT2D eigenvalue weighted by atomic mass is 10.3. The number of nitrogens with one attached hydrogen (secondary N) is 3. The average Bonchev–Trinajstić information content (AvgIpc) is 3.12. The van der Waals surface area contributed by atoms with Crippen LogP contribution in [-0.4, -0.2) is 37.1 Å². The van der Waals surface area contributed by atoms with E-state index in [0.29, 0.717) is 13.1 Å². The van der Waals surface area contributed by atoms with Gasteiger partial charge in [-0.25, -0.2) is 0 Å². The first-order valence-corrected chi connectivity index (χ1v) is 9.10. The third kappa shape index (κ3) is 6.80. The lowest BCUT2D eigenvalue weighted by Crippen LogP contribution is -2.39. The molecule has 1 aromatic heterocycles. The maximum Gasteiger partial charge on any atom is 0.269 e. The number of rotatable bonds is 9. The Bertz CT molecular complexity index is 671. The van der Waals surface area contributed by atoms with Crippen molar-refractivity contribution in [2.24, 2.45) is 4.99 Å². The van der Waals surface area contributed by atoms with Crippen LogP contribution in [0.2, 0.25) is 0 Å². The standard InChI is InChI=1S/C17H23N5O2S/c1-2-18-17(20-10-9-16-4-3-13-25-16)21-12-11-19-14-5-7-15(8-6-14)22(23)24/h3-8,13,19H,2,9-12H2,1H3,(H2,18,20,21). The lowest BCUT2D eigenvalue weighted by Gasteiger charge is -2.12. The molecule has 8 heteroatoms. The highest BCUT2D eigenvalue weighted by molar-refractivity contribution is 7.09. The summed E-state index contributed by atoms with van der Waals surface area (Å²) in [4.78, 5) is 16.1. The van der Waals surface area contributed by atoms with E-state index in [9.17, 15) is 10.1 Å². The predicted molar refractivity (Wildman–Crippen MR) is 104 cm³/mol. The zero-order valence-corrected chi connectivity index (χ0v) is 15.0. The third-order valence-electron chi connectivity index (χ3n) is 3.38. The molecule has 0 aliphatic carbocycles. The zero-order valence-electron chi connectivity index (χ0n) is 14.2. The van der Waals surface area contributed by atoms with Gasteiger partial charge in [-0.05, 0) is 30.5 Å². The molecule has 0 saturated heterocycles. The Morgan fingerprint density at radius 3 is 2.64 bits per heavy atom. The number of anilines is 1. The van der Waals surface area contributed by atoms with Crippen LogP contribution in [0.15, 0.2) is 46.8 Å². The van der Waals surface area contributed by atoms with E-state index in [4.69, 9.17) is 0 Å². The number of hydrogen-bond donors (Lipinski definition) is 3. The SMILES string of the molecule is CCNC(=NCCc1cccs1)NCCNc1ccc([N+](=O)[O-])cc1. The maximum absolute atomic E-state index is 10.6. The van der Waals surface area contributed by atoms with Gasteiger partial charge in [0.15, 0.2) is 5.96 Å². The Labute approximate surface area is 151 Å². The van der Waals surface area contributed by atoms with Crippen LogP contribution in [0.3, 0.4) is 0 Å². The molecule has 3 N–H and O–H groups in total. The Kier molecular flexibility index (Phi) is 7.71. The highest BCUT2D eigenvalue weighted by Crippen LogP contribution is 2.14. The molecule has 0 radical (unpaired) electrons. The second-order valence-corrected chi connectivity index (χ2v) is 6.28. The molecule has 2 aromatic rings. The quantitative estimate of drug-likeness (QED) is 0.210. The van der Waals surface area contributed by atoms with Gasteiger partial charge in [-0.2, -0.15) is 0 Å². The number of hydrogen-bond acceptors (Lipinski definition) is 5. The molecule has 25 heavy (non-hydrogen) atoms. The lowest BCUT2D eigenvalue weighted by molar-refractivity contribution is -0.384. The van der Waals surface area contributed by atoms with Gasteiger partial charge in [0.1, 0.15) is 0 Å². The normalized spacial score (nSPS) is 11.2. The molecule has 1 aromatic carbocycles. The van der Waals surface area contributed by atoms with Gasteiger partial charge < -0.3 is 16.0 Å². The molecule has 0 spiro atoms. The summed E-state index contributed by atoms with van der Waals surface area (Å²) in [5.41, 5.74) is 0.947. The Hall–Kier alpha value is -2.61. The van der Waals surface area contributed by atoms with E-state index in [1.807, 2.05) is 6.92 Å². The summed E-state index contributed by atoms with van der Waals surface area (Å²) in [6, 6.07) is 10.6. The number of aliphatic imine (C=N–C) groups is 1. The van der Waals surface area contributed by atoms with Crippen molar-refractivity contribution in [2.75, 3.05) is 31.5 Å². The molecular weight excluding hydrogens is 338 g/mol. The van der Waals surface area contributed by atoms with Crippen molar-refractivity contribution in [3.8, 4) is 0 Å². The van der Waals surface area contributed by atoms with Crippen LogP contribution in [0.1, 0.15) is 11.8 Å². The van der Waals surface area contributed by atoms with E-state index in [1.165, 1.54) is 17.0 Å².